The van der Waals surface area contributed by atoms with Crippen molar-refractivity contribution < 1.29 is 4.52 Å². The highest BCUT2D eigenvalue weighted by molar-refractivity contribution is 8.68. The lowest BCUT2D eigenvalue weighted by Gasteiger charge is -2.17. The number of nitrogens with one attached hydrogen (secondary N) is 1. The summed E-state index contributed by atoms with van der Waals surface area (Å²) in [5.41, 5.74) is -1.91. The van der Waals surface area contributed by atoms with Crippen LogP contribution in [-0.2, 0) is 16.3 Å². The molecule has 0 amide bonds. The van der Waals surface area contributed by atoms with Crippen LogP contribution in [-0.4, -0.2) is 25.2 Å². The van der Waals surface area contributed by atoms with E-state index in [2.05, 4.69) is 17.0 Å². The summed E-state index contributed by atoms with van der Waals surface area (Å²) < 4.78 is 5.25. The van der Waals surface area contributed by atoms with Gasteiger partial charge in [-0.1, -0.05) is 18.3 Å². The van der Waals surface area contributed by atoms with Crippen molar-refractivity contribution in [1.29, 1.82) is 0 Å². The predicted octanol–water partition coefficient (Wildman–Crippen LogP) is 2.64. The van der Waals surface area contributed by atoms with E-state index in [1.807, 2.05) is 13.8 Å². The lowest BCUT2D eigenvalue weighted by atomic mass is 10.4. The van der Waals surface area contributed by atoms with Crippen LogP contribution in [0.2, 0.25) is 0 Å². The first-order valence-electron chi connectivity index (χ1n) is 4.14. The lowest BCUT2D eigenvalue weighted by Crippen LogP contribution is -2.08. The summed E-state index contributed by atoms with van der Waals surface area (Å²) in [5, 5.41) is 3.05. The van der Waals surface area contributed by atoms with Crippen LogP contribution < -0.4 is 5.09 Å². The van der Waals surface area contributed by atoms with Gasteiger partial charge in [-0.3, -0.25) is 4.99 Å². The van der Waals surface area contributed by atoms with E-state index in [-0.39, 0.29) is 0 Å². The summed E-state index contributed by atoms with van der Waals surface area (Å²) in [7, 11) is 1.64. The maximum absolute atomic E-state index is 5.30. The van der Waals surface area contributed by atoms with Crippen molar-refractivity contribution in [3.63, 3.8) is 0 Å². The number of aliphatic imine (C=N–C) groups is 1. The van der Waals surface area contributed by atoms with Gasteiger partial charge in [-0.25, -0.2) is 0 Å². The van der Waals surface area contributed by atoms with Gasteiger partial charge in [0.1, 0.15) is 0 Å². The molecule has 0 saturated carbocycles. The molecule has 0 aliphatic rings. The molecule has 0 rings (SSSR count). The second kappa shape index (κ2) is 6.82. The Bertz CT molecular complexity index is 209. The third-order valence-corrected chi connectivity index (χ3v) is 6.91. The molecule has 0 spiro atoms. The molecular weight excluding hydrogens is 223 g/mol. The standard InChI is InChI=1S/C7H17N2OPS2/c1-5-13-11(12,10-4)9-6-8-7(2)3/h6-7H,5H2,1-4H3,(H,8,9,12). The molecule has 6 heteroatoms. The maximum atomic E-state index is 5.30. The first-order valence-corrected chi connectivity index (χ1v) is 8.45. The zero-order valence-electron chi connectivity index (χ0n) is 8.48. The van der Waals surface area contributed by atoms with Gasteiger partial charge in [0.25, 0.3) is 0 Å². The van der Waals surface area contributed by atoms with Gasteiger partial charge in [-0.15, -0.1) is 0 Å². The van der Waals surface area contributed by atoms with Gasteiger partial charge >= 0.3 is 0 Å². The topological polar surface area (TPSA) is 33.6 Å². The van der Waals surface area contributed by atoms with Crippen molar-refractivity contribution in [3.05, 3.63) is 0 Å². The Labute approximate surface area is 89.6 Å². The van der Waals surface area contributed by atoms with Crippen LogP contribution in [0.15, 0.2) is 4.99 Å². The zero-order valence-corrected chi connectivity index (χ0v) is 11.0. The van der Waals surface area contributed by atoms with Crippen LogP contribution in [0.25, 0.3) is 0 Å². The Balaban J connectivity index is 4.05. The molecule has 1 unspecified atom stereocenters. The Kier molecular flexibility index (Phi) is 7.05. The first kappa shape index (κ1) is 13.4. The van der Waals surface area contributed by atoms with Crippen molar-refractivity contribution in [1.82, 2.24) is 5.09 Å². The fourth-order valence-corrected chi connectivity index (χ4v) is 4.19. The van der Waals surface area contributed by atoms with Crippen molar-refractivity contribution in [2.45, 2.75) is 26.8 Å². The van der Waals surface area contributed by atoms with Crippen LogP contribution in [0.1, 0.15) is 20.8 Å². The molecule has 0 radical (unpaired) electrons. The molecule has 78 valence electrons. The summed E-state index contributed by atoms with van der Waals surface area (Å²) in [6, 6.07) is 0.291. The molecule has 0 fully saturated rings. The average molecular weight is 240 g/mol. The van der Waals surface area contributed by atoms with Gasteiger partial charge < -0.3 is 9.61 Å². The van der Waals surface area contributed by atoms with E-state index < -0.39 is 5.62 Å². The van der Waals surface area contributed by atoms with Gasteiger partial charge in [-0.05, 0) is 31.4 Å². The Morgan fingerprint density at radius 1 is 1.69 bits per heavy atom. The van der Waals surface area contributed by atoms with Crippen molar-refractivity contribution in [2.24, 2.45) is 4.99 Å². The van der Waals surface area contributed by atoms with E-state index in [9.17, 15) is 0 Å². The average Bonchev–Trinajstić information content (AvgIpc) is 2.04. The molecule has 1 N–H and O–H groups in total. The van der Waals surface area contributed by atoms with E-state index in [0.29, 0.717) is 6.04 Å². The second-order valence-corrected chi connectivity index (χ2v) is 9.61. The molecule has 0 heterocycles. The molecule has 3 nitrogen and oxygen atoms in total. The zero-order chi connectivity index (χ0) is 10.3. The number of hydrogen-bond acceptors (Lipinski definition) is 4. The third-order valence-electron chi connectivity index (χ3n) is 1.13. The van der Waals surface area contributed by atoms with E-state index in [1.165, 1.54) is 0 Å². The molecule has 0 aliphatic carbocycles. The normalized spacial score (nSPS) is 16.4. The highest BCUT2D eigenvalue weighted by atomic mass is 32.9. The van der Waals surface area contributed by atoms with Crippen molar-refractivity contribution in [2.75, 3.05) is 12.9 Å². The highest BCUT2D eigenvalue weighted by Crippen LogP contribution is 2.54. The largest absolute Gasteiger partial charge is 0.330 e. The van der Waals surface area contributed by atoms with Crippen LogP contribution in [0.4, 0.5) is 0 Å². The van der Waals surface area contributed by atoms with Gasteiger partial charge in [-0.2, -0.15) is 0 Å². The fraction of sp³-hybridized carbons (Fsp3) is 0.857. The van der Waals surface area contributed by atoms with E-state index in [1.54, 1.807) is 24.8 Å². The third kappa shape index (κ3) is 6.49. The minimum absolute atomic E-state index is 0.291. The first-order chi connectivity index (χ1) is 6.04. The molecule has 0 aliphatic heterocycles. The molecule has 0 aromatic carbocycles. The molecule has 0 aromatic rings. The summed E-state index contributed by atoms with van der Waals surface area (Å²) in [6.07, 6.45) is 1.66. The Morgan fingerprint density at radius 3 is 2.69 bits per heavy atom. The van der Waals surface area contributed by atoms with Gasteiger partial charge in [0.05, 0.1) is 6.34 Å². The monoisotopic (exact) mass is 240 g/mol. The number of nitrogens with zero attached hydrogens (tertiary/aromatic N) is 1. The van der Waals surface area contributed by atoms with E-state index in [4.69, 9.17) is 16.3 Å². The number of hydrogen-bond donors (Lipinski definition) is 1. The van der Waals surface area contributed by atoms with Crippen LogP contribution in [0.3, 0.4) is 0 Å². The van der Waals surface area contributed by atoms with Gasteiger partial charge in [0.15, 0.2) is 0 Å². The van der Waals surface area contributed by atoms with Crippen molar-refractivity contribution >= 4 is 35.1 Å². The van der Waals surface area contributed by atoms with Crippen LogP contribution >= 0.6 is 17.0 Å². The predicted molar refractivity (Wildman–Crippen MR) is 66.2 cm³/mol. The molecule has 0 aromatic heterocycles. The van der Waals surface area contributed by atoms with Crippen LogP contribution in [0, 0.1) is 0 Å². The molecule has 0 saturated heterocycles. The Hall–Kier alpha value is 0.430. The van der Waals surface area contributed by atoms with Gasteiger partial charge in [0, 0.05) is 13.2 Å². The summed E-state index contributed by atoms with van der Waals surface area (Å²) in [5.74, 6) is 0.952. The van der Waals surface area contributed by atoms with E-state index in [0.717, 1.165) is 5.75 Å². The smallest absolute Gasteiger partial charge is 0.210 e. The second-order valence-electron chi connectivity index (χ2n) is 2.60. The highest BCUT2D eigenvalue weighted by Gasteiger charge is 2.12. The summed E-state index contributed by atoms with van der Waals surface area (Å²) >= 11 is 6.94. The molecular formula is C7H17N2OPS2. The van der Waals surface area contributed by atoms with Crippen molar-refractivity contribution in [3.8, 4) is 0 Å². The molecule has 13 heavy (non-hydrogen) atoms. The van der Waals surface area contributed by atoms with Crippen LogP contribution in [0.5, 0.6) is 0 Å². The lowest BCUT2D eigenvalue weighted by molar-refractivity contribution is 0.467. The quantitative estimate of drug-likeness (QED) is 0.439. The van der Waals surface area contributed by atoms with Gasteiger partial charge in [0.2, 0.25) is 5.62 Å². The minimum atomic E-state index is -1.91. The minimum Gasteiger partial charge on any atom is -0.330 e. The molecule has 0 bridgehead atoms. The summed E-state index contributed by atoms with van der Waals surface area (Å²) in [4.78, 5) is 4.17. The Morgan fingerprint density at radius 2 is 2.31 bits per heavy atom. The maximum Gasteiger partial charge on any atom is 0.210 e. The fourth-order valence-electron chi connectivity index (χ4n) is 0.566. The number of rotatable bonds is 6. The van der Waals surface area contributed by atoms with E-state index >= 15 is 0 Å². The molecule has 1 atom stereocenters. The SMILES string of the molecule is CCSP(=S)(NC=NC(C)C)OC. The summed E-state index contributed by atoms with van der Waals surface area (Å²) in [6.45, 7) is 6.09.